The third-order valence-electron chi connectivity index (χ3n) is 2.86. The highest BCUT2D eigenvalue weighted by atomic mass is 16.2. The molecule has 0 aromatic carbocycles. The second-order valence-electron chi connectivity index (χ2n) is 5.70. The number of hydrogen-bond donors (Lipinski definition) is 1. The van der Waals surface area contributed by atoms with Gasteiger partial charge in [0, 0.05) is 24.0 Å². The summed E-state index contributed by atoms with van der Waals surface area (Å²) >= 11 is 0. The Kier molecular flexibility index (Phi) is 3.77. The van der Waals surface area contributed by atoms with Crippen LogP contribution in [-0.2, 0) is 4.79 Å². The Bertz CT molecular complexity index is 224. The predicted molar refractivity (Wildman–Crippen MR) is 62.7 cm³/mol. The molecule has 1 saturated heterocycles. The molecule has 1 heterocycles. The van der Waals surface area contributed by atoms with Crippen LogP contribution in [0.3, 0.4) is 0 Å². The lowest BCUT2D eigenvalue weighted by molar-refractivity contribution is -0.143. The SMILES string of the molecule is CC(C)N(C(=O)C(C)(C)C)C1CCNC1. The van der Waals surface area contributed by atoms with Gasteiger partial charge in [-0.25, -0.2) is 0 Å². The van der Waals surface area contributed by atoms with Gasteiger partial charge in [0.15, 0.2) is 0 Å². The Morgan fingerprint density at radius 2 is 2.00 bits per heavy atom. The molecular weight excluding hydrogens is 188 g/mol. The minimum absolute atomic E-state index is 0.270. The van der Waals surface area contributed by atoms with Crippen molar-refractivity contribution in [3.05, 3.63) is 0 Å². The van der Waals surface area contributed by atoms with Crippen LogP contribution in [0, 0.1) is 5.41 Å². The normalized spacial score (nSPS) is 22.1. The van der Waals surface area contributed by atoms with Gasteiger partial charge >= 0.3 is 0 Å². The van der Waals surface area contributed by atoms with E-state index < -0.39 is 0 Å². The maximum Gasteiger partial charge on any atom is 0.228 e. The molecule has 1 atom stereocenters. The van der Waals surface area contributed by atoms with Gasteiger partial charge in [-0.3, -0.25) is 4.79 Å². The number of nitrogens with zero attached hydrogens (tertiary/aromatic N) is 1. The topological polar surface area (TPSA) is 32.3 Å². The van der Waals surface area contributed by atoms with Gasteiger partial charge in [-0.05, 0) is 26.8 Å². The Labute approximate surface area is 93.2 Å². The molecule has 1 aliphatic heterocycles. The van der Waals surface area contributed by atoms with Gasteiger partial charge in [0.1, 0.15) is 0 Å². The lowest BCUT2D eigenvalue weighted by atomic mass is 9.93. The molecule has 0 aromatic heterocycles. The van der Waals surface area contributed by atoms with Crippen LogP contribution in [0.15, 0.2) is 0 Å². The minimum atomic E-state index is -0.271. The average Bonchev–Trinajstić information content (AvgIpc) is 2.54. The third kappa shape index (κ3) is 2.94. The molecule has 1 N–H and O–H groups in total. The van der Waals surface area contributed by atoms with E-state index in [1.807, 2.05) is 20.8 Å². The van der Waals surface area contributed by atoms with Crippen LogP contribution in [0.4, 0.5) is 0 Å². The van der Waals surface area contributed by atoms with E-state index in [2.05, 4.69) is 24.1 Å². The molecule has 3 heteroatoms. The van der Waals surface area contributed by atoms with Crippen molar-refractivity contribution >= 4 is 5.91 Å². The van der Waals surface area contributed by atoms with Crippen LogP contribution in [0.5, 0.6) is 0 Å². The van der Waals surface area contributed by atoms with Gasteiger partial charge in [-0.1, -0.05) is 20.8 Å². The summed E-state index contributed by atoms with van der Waals surface area (Å²) in [5, 5.41) is 3.32. The Balaban J connectivity index is 2.78. The summed E-state index contributed by atoms with van der Waals surface area (Å²) in [6.07, 6.45) is 1.08. The molecule has 88 valence electrons. The Morgan fingerprint density at radius 1 is 1.40 bits per heavy atom. The van der Waals surface area contributed by atoms with Crippen molar-refractivity contribution in [1.82, 2.24) is 10.2 Å². The molecule has 0 aliphatic carbocycles. The number of hydrogen-bond acceptors (Lipinski definition) is 2. The van der Waals surface area contributed by atoms with Crippen LogP contribution in [0.1, 0.15) is 41.0 Å². The lowest BCUT2D eigenvalue weighted by Crippen LogP contribution is -2.50. The number of nitrogens with one attached hydrogen (secondary N) is 1. The fourth-order valence-corrected chi connectivity index (χ4v) is 2.09. The third-order valence-corrected chi connectivity index (χ3v) is 2.86. The zero-order chi connectivity index (χ0) is 11.6. The van der Waals surface area contributed by atoms with Gasteiger partial charge in [0.2, 0.25) is 5.91 Å². The van der Waals surface area contributed by atoms with Gasteiger partial charge in [0.05, 0.1) is 0 Å². The van der Waals surface area contributed by atoms with Crippen LogP contribution in [-0.4, -0.2) is 36.0 Å². The van der Waals surface area contributed by atoms with Crippen LogP contribution in [0.2, 0.25) is 0 Å². The smallest absolute Gasteiger partial charge is 0.228 e. The van der Waals surface area contributed by atoms with E-state index in [4.69, 9.17) is 0 Å². The number of carbonyl (C=O) groups is 1. The predicted octanol–water partition coefficient (Wildman–Crippen LogP) is 1.63. The zero-order valence-corrected chi connectivity index (χ0v) is 10.6. The lowest BCUT2D eigenvalue weighted by Gasteiger charge is -2.37. The van der Waals surface area contributed by atoms with Gasteiger partial charge < -0.3 is 10.2 Å². The van der Waals surface area contributed by atoms with Crippen molar-refractivity contribution in [3.8, 4) is 0 Å². The Morgan fingerprint density at radius 3 is 2.33 bits per heavy atom. The fraction of sp³-hybridized carbons (Fsp3) is 0.917. The molecule has 1 amide bonds. The standard InChI is InChI=1S/C12H24N2O/c1-9(2)14(10-6-7-13-8-10)11(15)12(3,4)5/h9-10,13H,6-8H2,1-5H3. The summed E-state index contributed by atoms with van der Waals surface area (Å²) in [7, 11) is 0. The summed E-state index contributed by atoms with van der Waals surface area (Å²) < 4.78 is 0. The van der Waals surface area contributed by atoms with Crippen LogP contribution < -0.4 is 5.32 Å². The van der Waals surface area contributed by atoms with Crippen molar-refractivity contribution < 1.29 is 4.79 Å². The van der Waals surface area contributed by atoms with E-state index in [0.717, 1.165) is 19.5 Å². The molecule has 15 heavy (non-hydrogen) atoms. The minimum Gasteiger partial charge on any atom is -0.336 e. The molecule has 1 aliphatic rings. The highest BCUT2D eigenvalue weighted by Crippen LogP contribution is 2.23. The monoisotopic (exact) mass is 212 g/mol. The number of amides is 1. The van der Waals surface area contributed by atoms with Gasteiger partial charge in [-0.15, -0.1) is 0 Å². The molecule has 0 saturated carbocycles. The zero-order valence-electron chi connectivity index (χ0n) is 10.6. The number of rotatable bonds is 2. The molecule has 0 bridgehead atoms. The van der Waals surface area contributed by atoms with Crippen LogP contribution in [0.25, 0.3) is 0 Å². The molecule has 0 radical (unpaired) electrons. The van der Waals surface area contributed by atoms with E-state index in [-0.39, 0.29) is 11.3 Å². The summed E-state index contributed by atoms with van der Waals surface area (Å²) in [4.78, 5) is 14.3. The highest BCUT2D eigenvalue weighted by Gasteiger charge is 2.34. The Hall–Kier alpha value is -0.570. The quantitative estimate of drug-likeness (QED) is 0.754. The summed E-state index contributed by atoms with van der Waals surface area (Å²) in [6.45, 7) is 12.2. The van der Waals surface area contributed by atoms with Crippen molar-refractivity contribution in [1.29, 1.82) is 0 Å². The van der Waals surface area contributed by atoms with Crippen molar-refractivity contribution in [3.63, 3.8) is 0 Å². The summed E-state index contributed by atoms with van der Waals surface area (Å²) in [6, 6.07) is 0.679. The van der Waals surface area contributed by atoms with E-state index in [9.17, 15) is 4.79 Å². The average molecular weight is 212 g/mol. The maximum absolute atomic E-state index is 12.3. The largest absolute Gasteiger partial charge is 0.336 e. The maximum atomic E-state index is 12.3. The molecule has 3 nitrogen and oxygen atoms in total. The molecule has 0 spiro atoms. The summed E-state index contributed by atoms with van der Waals surface area (Å²) in [5.41, 5.74) is -0.271. The first-order valence-corrected chi connectivity index (χ1v) is 5.87. The molecule has 1 unspecified atom stereocenters. The second-order valence-corrected chi connectivity index (χ2v) is 5.70. The van der Waals surface area contributed by atoms with Crippen molar-refractivity contribution in [2.45, 2.75) is 53.1 Å². The van der Waals surface area contributed by atoms with E-state index in [1.54, 1.807) is 0 Å². The first-order valence-electron chi connectivity index (χ1n) is 5.87. The number of carbonyl (C=O) groups excluding carboxylic acids is 1. The second kappa shape index (κ2) is 4.52. The fourth-order valence-electron chi connectivity index (χ4n) is 2.09. The van der Waals surface area contributed by atoms with E-state index in [0.29, 0.717) is 12.1 Å². The van der Waals surface area contributed by atoms with Crippen molar-refractivity contribution in [2.75, 3.05) is 13.1 Å². The first-order chi connectivity index (χ1) is 6.84. The molecule has 0 aromatic rings. The molecular formula is C12H24N2O. The molecule has 1 fully saturated rings. The summed E-state index contributed by atoms with van der Waals surface area (Å²) in [5.74, 6) is 0.270. The van der Waals surface area contributed by atoms with Crippen molar-refractivity contribution in [2.24, 2.45) is 5.41 Å². The van der Waals surface area contributed by atoms with Crippen LogP contribution >= 0.6 is 0 Å². The highest BCUT2D eigenvalue weighted by molar-refractivity contribution is 5.82. The first kappa shape index (κ1) is 12.5. The van der Waals surface area contributed by atoms with Gasteiger partial charge in [-0.2, -0.15) is 0 Å². The van der Waals surface area contributed by atoms with E-state index in [1.165, 1.54) is 0 Å². The van der Waals surface area contributed by atoms with E-state index >= 15 is 0 Å². The van der Waals surface area contributed by atoms with Gasteiger partial charge in [0.25, 0.3) is 0 Å². The molecule has 1 rings (SSSR count).